The summed E-state index contributed by atoms with van der Waals surface area (Å²) < 4.78 is 13.0. The first-order valence-electron chi connectivity index (χ1n) is 6.21. The van der Waals surface area contributed by atoms with Crippen molar-refractivity contribution in [2.45, 2.75) is 33.8 Å². The summed E-state index contributed by atoms with van der Waals surface area (Å²) in [6, 6.07) is 0. The lowest BCUT2D eigenvalue weighted by atomic mass is 9.81. The zero-order valence-corrected chi connectivity index (χ0v) is 12.3. The Hall–Kier alpha value is -0.720. The third-order valence-corrected chi connectivity index (χ3v) is 3.75. The third-order valence-electron chi connectivity index (χ3n) is 3.29. The van der Waals surface area contributed by atoms with Gasteiger partial charge in [0.25, 0.3) is 0 Å². The highest BCUT2D eigenvalue weighted by atomic mass is 32.1. The number of nitrogens with zero attached hydrogens (tertiary/aromatic N) is 2. The van der Waals surface area contributed by atoms with Crippen LogP contribution in [0.25, 0.3) is 0 Å². The van der Waals surface area contributed by atoms with Gasteiger partial charge in [0.1, 0.15) is 18.9 Å². The van der Waals surface area contributed by atoms with E-state index in [0.717, 1.165) is 18.3 Å². The van der Waals surface area contributed by atoms with E-state index < -0.39 is 6.10 Å². The Morgan fingerprint density at radius 1 is 1.50 bits per heavy atom. The van der Waals surface area contributed by atoms with Crippen LogP contribution >= 0.6 is 11.7 Å². The van der Waals surface area contributed by atoms with Crippen molar-refractivity contribution in [1.82, 2.24) is 14.1 Å². The molecule has 0 saturated carbocycles. The predicted molar refractivity (Wildman–Crippen MR) is 72.9 cm³/mol. The van der Waals surface area contributed by atoms with Crippen molar-refractivity contribution < 1.29 is 9.84 Å². The van der Waals surface area contributed by atoms with E-state index in [1.54, 1.807) is 6.20 Å². The third kappa shape index (κ3) is 5.29. The fraction of sp³-hybridized carbons (Fsp3) is 0.833. The van der Waals surface area contributed by atoms with Gasteiger partial charge in [0.15, 0.2) is 0 Å². The first kappa shape index (κ1) is 15.3. The highest BCUT2D eigenvalue weighted by Gasteiger charge is 2.21. The summed E-state index contributed by atoms with van der Waals surface area (Å²) in [4.78, 5) is 0. The molecule has 0 saturated heterocycles. The fourth-order valence-corrected chi connectivity index (χ4v) is 1.59. The van der Waals surface area contributed by atoms with Gasteiger partial charge in [0.05, 0.1) is 11.7 Å². The number of aliphatic hydroxyl groups is 1. The molecule has 104 valence electrons. The molecule has 1 aromatic heterocycles. The maximum Gasteiger partial charge on any atom is 0.245 e. The number of hydrogen-bond donors (Lipinski definition) is 2. The van der Waals surface area contributed by atoms with E-state index in [-0.39, 0.29) is 12.0 Å². The van der Waals surface area contributed by atoms with E-state index in [9.17, 15) is 5.11 Å². The molecule has 0 aromatic carbocycles. The summed E-state index contributed by atoms with van der Waals surface area (Å²) in [6.07, 6.45) is 1.02. The lowest BCUT2D eigenvalue weighted by molar-refractivity contribution is 0.0993. The first-order valence-corrected chi connectivity index (χ1v) is 6.94. The van der Waals surface area contributed by atoms with E-state index in [1.807, 2.05) is 0 Å². The zero-order valence-electron chi connectivity index (χ0n) is 11.5. The van der Waals surface area contributed by atoms with Crippen LogP contribution in [-0.2, 0) is 0 Å². The van der Waals surface area contributed by atoms with E-state index in [2.05, 4.69) is 41.8 Å². The van der Waals surface area contributed by atoms with E-state index in [4.69, 9.17) is 4.74 Å². The van der Waals surface area contributed by atoms with Crippen molar-refractivity contribution in [2.24, 2.45) is 11.3 Å². The first-order chi connectivity index (χ1) is 8.42. The molecule has 0 fully saturated rings. The molecular formula is C12H23N3O2S. The second kappa shape index (κ2) is 7.01. The Kier molecular flexibility index (Phi) is 5.98. The van der Waals surface area contributed by atoms with Gasteiger partial charge in [-0.3, -0.25) is 0 Å². The standard InChI is InChI=1S/C12H23N3O2S/c1-9(2)12(3,4)8-13-5-10(16)7-17-11-6-14-18-15-11/h6,9-10,13,16H,5,7-8H2,1-4H3. The number of aromatic nitrogens is 2. The monoisotopic (exact) mass is 273 g/mol. The molecule has 1 aromatic rings. The Morgan fingerprint density at radius 2 is 2.22 bits per heavy atom. The Labute approximate surface area is 113 Å². The van der Waals surface area contributed by atoms with Crippen molar-refractivity contribution in [3.05, 3.63) is 6.20 Å². The van der Waals surface area contributed by atoms with Gasteiger partial charge in [-0.2, -0.15) is 4.37 Å². The Bertz CT molecular complexity index is 328. The van der Waals surface area contributed by atoms with Gasteiger partial charge < -0.3 is 15.2 Å². The molecule has 0 aliphatic rings. The molecule has 0 spiro atoms. The predicted octanol–water partition coefficient (Wildman–Crippen LogP) is 1.55. The largest absolute Gasteiger partial charge is 0.473 e. The normalized spacial score (nSPS) is 13.9. The number of hydrogen-bond acceptors (Lipinski definition) is 6. The highest BCUT2D eigenvalue weighted by molar-refractivity contribution is 6.99. The van der Waals surface area contributed by atoms with E-state index >= 15 is 0 Å². The van der Waals surface area contributed by atoms with Crippen molar-refractivity contribution >= 4 is 11.7 Å². The minimum atomic E-state index is -0.533. The molecule has 18 heavy (non-hydrogen) atoms. The summed E-state index contributed by atoms with van der Waals surface area (Å²) in [5, 5.41) is 13.0. The summed E-state index contributed by atoms with van der Waals surface area (Å²) in [6.45, 7) is 10.5. The molecule has 6 heteroatoms. The molecule has 0 aliphatic carbocycles. The summed E-state index contributed by atoms with van der Waals surface area (Å²) >= 11 is 1.09. The van der Waals surface area contributed by atoms with Crippen molar-refractivity contribution in [1.29, 1.82) is 0 Å². The summed E-state index contributed by atoms with van der Waals surface area (Å²) in [7, 11) is 0. The quantitative estimate of drug-likeness (QED) is 0.752. The molecular weight excluding hydrogens is 250 g/mol. The van der Waals surface area contributed by atoms with Crippen molar-refractivity contribution in [2.75, 3.05) is 19.7 Å². The van der Waals surface area contributed by atoms with Crippen molar-refractivity contribution in [3.8, 4) is 5.88 Å². The van der Waals surface area contributed by atoms with Gasteiger partial charge in [-0.1, -0.05) is 27.7 Å². The van der Waals surface area contributed by atoms with Crippen LogP contribution < -0.4 is 10.1 Å². The summed E-state index contributed by atoms with van der Waals surface area (Å²) in [5.74, 6) is 1.07. The maximum absolute atomic E-state index is 9.75. The van der Waals surface area contributed by atoms with Gasteiger partial charge >= 0.3 is 0 Å². The smallest absolute Gasteiger partial charge is 0.245 e. The average Bonchev–Trinajstić information content (AvgIpc) is 2.78. The second-order valence-corrected chi connectivity index (χ2v) is 6.04. The molecule has 5 nitrogen and oxygen atoms in total. The minimum absolute atomic E-state index is 0.222. The van der Waals surface area contributed by atoms with Crippen LogP contribution in [-0.4, -0.2) is 39.7 Å². The molecule has 1 heterocycles. The molecule has 0 bridgehead atoms. The average molecular weight is 273 g/mol. The SMILES string of the molecule is CC(C)C(C)(C)CNCC(O)COc1cnsn1. The molecule has 1 rings (SSSR count). The molecule has 0 radical (unpaired) electrons. The lowest BCUT2D eigenvalue weighted by Crippen LogP contribution is -2.39. The van der Waals surface area contributed by atoms with Crippen LogP contribution in [0.15, 0.2) is 6.20 Å². The fourth-order valence-electron chi connectivity index (χ4n) is 1.23. The van der Waals surface area contributed by atoms with Crippen LogP contribution in [0.1, 0.15) is 27.7 Å². The molecule has 1 unspecified atom stereocenters. The molecule has 1 atom stereocenters. The van der Waals surface area contributed by atoms with E-state index in [1.165, 1.54) is 0 Å². The van der Waals surface area contributed by atoms with Crippen molar-refractivity contribution in [3.63, 3.8) is 0 Å². The van der Waals surface area contributed by atoms with Gasteiger partial charge in [0.2, 0.25) is 5.88 Å². The topological polar surface area (TPSA) is 67.3 Å². The Morgan fingerprint density at radius 3 is 2.78 bits per heavy atom. The summed E-state index contributed by atoms with van der Waals surface area (Å²) in [5.41, 5.74) is 0.222. The number of nitrogens with one attached hydrogen (secondary N) is 1. The van der Waals surface area contributed by atoms with Crippen LogP contribution in [0.2, 0.25) is 0 Å². The molecule has 0 aliphatic heterocycles. The Balaban J connectivity index is 2.15. The maximum atomic E-state index is 9.75. The lowest BCUT2D eigenvalue weighted by Gasteiger charge is -2.30. The minimum Gasteiger partial charge on any atom is -0.473 e. The van der Waals surface area contributed by atoms with Crippen LogP contribution in [0.5, 0.6) is 5.88 Å². The number of rotatable bonds is 8. The van der Waals surface area contributed by atoms with E-state index in [0.29, 0.717) is 18.3 Å². The molecule has 2 N–H and O–H groups in total. The van der Waals surface area contributed by atoms with Gasteiger partial charge in [0, 0.05) is 13.1 Å². The zero-order chi connectivity index (χ0) is 13.6. The van der Waals surface area contributed by atoms with Crippen LogP contribution in [0.4, 0.5) is 0 Å². The number of ether oxygens (including phenoxy) is 1. The molecule has 0 amide bonds. The van der Waals surface area contributed by atoms with Gasteiger partial charge in [-0.15, -0.1) is 4.37 Å². The van der Waals surface area contributed by atoms with Crippen LogP contribution in [0, 0.1) is 11.3 Å². The highest BCUT2D eigenvalue weighted by Crippen LogP contribution is 2.24. The van der Waals surface area contributed by atoms with Crippen LogP contribution in [0.3, 0.4) is 0 Å². The van der Waals surface area contributed by atoms with Gasteiger partial charge in [-0.25, -0.2) is 0 Å². The van der Waals surface area contributed by atoms with Gasteiger partial charge in [-0.05, 0) is 11.3 Å². The number of aliphatic hydroxyl groups excluding tert-OH is 1. The second-order valence-electron chi connectivity index (χ2n) is 5.48.